The van der Waals surface area contributed by atoms with Crippen LogP contribution in [0, 0.1) is 11.3 Å². The first-order chi connectivity index (χ1) is 9.10. The number of carbonyl (C=O) groups is 1. The Hall–Kier alpha value is -2.06. The van der Waals surface area contributed by atoms with E-state index in [1.165, 1.54) is 7.11 Å². The van der Waals surface area contributed by atoms with Crippen LogP contribution in [0.4, 0.5) is 0 Å². The van der Waals surface area contributed by atoms with Crippen LogP contribution < -0.4 is 10.1 Å². The zero-order valence-electron chi connectivity index (χ0n) is 11.6. The first kappa shape index (κ1) is 15.0. The Kier molecular flexibility index (Phi) is 5.83. The lowest BCUT2D eigenvalue weighted by atomic mass is 10.1. The van der Waals surface area contributed by atoms with Gasteiger partial charge in [-0.05, 0) is 31.7 Å². The third-order valence-corrected chi connectivity index (χ3v) is 2.62. The number of carbonyl (C=O) groups excluding carboxylic acids is 1. The van der Waals surface area contributed by atoms with Crippen LogP contribution in [0.2, 0.25) is 0 Å². The first-order valence-corrected chi connectivity index (χ1v) is 6.13. The zero-order chi connectivity index (χ0) is 14.3. The van der Waals surface area contributed by atoms with Gasteiger partial charge in [0.2, 0.25) is 5.91 Å². The van der Waals surface area contributed by atoms with Crippen LogP contribution >= 0.6 is 0 Å². The molecule has 102 valence electrons. The molecule has 0 heterocycles. The van der Waals surface area contributed by atoms with Gasteiger partial charge in [0.05, 0.1) is 19.2 Å². The molecule has 5 heteroatoms. The zero-order valence-corrected chi connectivity index (χ0v) is 11.6. The number of ether oxygens (including phenoxy) is 1. The summed E-state index contributed by atoms with van der Waals surface area (Å²) < 4.78 is 5.09. The summed E-state index contributed by atoms with van der Waals surface area (Å²) in [5, 5.41) is 11.8. The molecule has 0 aliphatic rings. The predicted molar refractivity (Wildman–Crippen MR) is 72.7 cm³/mol. The summed E-state index contributed by atoms with van der Waals surface area (Å²) >= 11 is 0. The lowest BCUT2D eigenvalue weighted by Gasteiger charge is -2.16. The van der Waals surface area contributed by atoms with Crippen molar-refractivity contribution in [3.63, 3.8) is 0 Å². The molecular formula is C14H19N3O2. The minimum atomic E-state index is -0.000909. The van der Waals surface area contributed by atoms with Crippen molar-refractivity contribution >= 4 is 5.91 Å². The van der Waals surface area contributed by atoms with Crippen molar-refractivity contribution < 1.29 is 9.53 Å². The van der Waals surface area contributed by atoms with Gasteiger partial charge >= 0.3 is 0 Å². The lowest BCUT2D eigenvalue weighted by Crippen LogP contribution is -2.34. The van der Waals surface area contributed by atoms with Crippen molar-refractivity contribution in [1.29, 1.82) is 5.26 Å². The second-order valence-corrected chi connectivity index (χ2v) is 4.27. The van der Waals surface area contributed by atoms with E-state index in [0.29, 0.717) is 30.9 Å². The number of nitrogens with one attached hydrogen (secondary N) is 1. The molecule has 1 aromatic rings. The van der Waals surface area contributed by atoms with E-state index in [2.05, 4.69) is 11.4 Å². The van der Waals surface area contributed by atoms with Crippen molar-refractivity contribution in [2.75, 3.05) is 27.2 Å². The highest BCUT2D eigenvalue weighted by Crippen LogP contribution is 2.19. The summed E-state index contributed by atoms with van der Waals surface area (Å²) in [6, 6.07) is 7.55. The number of methoxy groups -OCH3 is 1. The minimum absolute atomic E-state index is 0.000909. The van der Waals surface area contributed by atoms with Crippen LogP contribution in [-0.4, -0.2) is 38.1 Å². The van der Waals surface area contributed by atoms with Gasteiger partial charge in [0, 0.05) is 13.1 Å². The summed E-state index contributed by atoms with van der Waals surface area (Å²) in [7, 11) is 3.41. The minimum Gasteiger partial charge on any atom is -0.495 e. The van der Waals surface area contributed by atoms with Gasteiger partial charge in [-0.3, -0.25) is 9.69 Å². The van der Waals surface area contributed by atoms with Gasteiger partial charge in [-0.1, -0.05) is 6.07 Å². The summed E-state index contributed by atoms with van der Waals surface area (Å²) in [6.45, 7) is 3.46. The molecule has 1 aromatic carbocycles. The van der Waals surface area contributed by atoms with Crippen molar-refractivity contribution in [2.24, 2.45) is 0 Å². The topological polar surface area (TPSA) is 65.4 Å². The molecule has 1 N–H and O–H groups in total. The van der Waals surface area contributed by atoms with Gasteiger partial charge in [0.15, 0.2) is 0 Å². The Morgan fingerprint density at radius 1 is 1.53 bits per heavy atom. The second kappa shape index (κ2) is 7.39. The first-order valence-electron chi connectivity index (χ1n) is 6.13. The molecule has 19 heavy (non-hydrogen) atoms. The van der Waals surface area contributed by atoms with E-state index in [4.69, 9.17) is 10.00 Å². The Labute approximate surface area is 113 Å². The highest BCUT2D eigenvalue weighted by molar-refractivity contribution is 5.77. The third-order valence-electron chi connectivity index (χ3n) is 2.62. The van der Waals surface area contributed by atoms with Crippen molar-refractivity contribution in [3.8, 4) is 11.8 Å². The molecule has 0 saturated heterocycles. The third kappa shape index (κ3) is 4.60. The van der Waals surface area contributed by atoms with Gasteiger partial charge < -0.3 is 10.1 Å². The molecule has 5 nitrogen and oxygen atoms in total. The molecule has 0 spiro atoms. The number of rotatable bonds is 6. The molecule has 0 unspecified atom stereocenters. The van der Waals surface area contributed by atoms with Gasteiger partial charge in [-0.25, -0.2) is 0 Å². The van der Waals surface area contributed by atoms with Gasteiger partial charge in [-0.15, -0.1) is 0 Å². The van der Waals surface area contributed by atoms with Crippen LogP contribution in [0.15, 0.2) is 18.2 Å². The van der Waals surface area contributed by atoms with Gasteiger partial charge in [0.1, 0.15) is 11.8 Å². The molecule has 1 rings (SSSR count). The van der Waals surface area contributed by atoms with Crippen molar-refractivity contribution in [1.82, 2.24) is 10.2 Å². The number of nitrogens with zero attached hydrogens (tertiary/aromatic N) is 2. The maximum Gasteiger partial charge on any atom is 0.234 e. The fourth-order valence-corrected chi connectivity index (χ4v) is 1.81. The molecule has 0 saturated carbocycles. The average Bonchev–Trinajstić information content (AvgIpc) is 2.38. The fourth-order valence-electron chi connectivity index (χ4n) is 1.81. The van der Waals surface area contributed by atoms with Crippen LogP contribution in [0.1, 0.15) is 18.1 Å². The van der Waals surface area contributed by atoms with E-state index in [0.717, 1.165) is 5.56 Å². The fraction of sp³-hybridized carbons (Fsp3) is 0.429. The smallest absolute Gasteiger partial charge is 0.234 e. The second-order valence-electron chi connectivity index (χ2n) is 4.27. The Balaban J connectivity index is 2.67. The molecular weight excluding hydrogens is 242 g/mol. The maximum atomic E-state index is 11.4. The van der Waals surface area contributed by atoms with Crippen LogP contribution in [-0.2, 0) is 11.3 Å². The molecule has 0 atom stereocenters. The van der Waals surface area contributed by atoms with Gasteiger partial charge in [0.25, 0.3) is 0 Å². The molecule has 0 bridgehead atoms. The van der Waals surface area contributed by atoms with E-state index < -0.39 is 0 Å². The number of amides is 1. The van der Waals surface area contributed by atoms with Gasteiger partial charge in [-0.2, -0.15) is 5.26 Å². The number of likely N-dealkylation sites (N-methyl/N-ethyl adjacent to an activating group) is 2. The monoisotopic (exact) mass is 261 g/mol. The summed E-state index contributed by atoms with van der Waals surface area (Å²) in [5.74, 6) is 0.566. The van der Waals surface area contributed by atoms with E-state index in [-0.39, 0.29) is 5.91 Å². The summed E-state index contributed by atoms with van der Waals surface area (Å²) in [4.78, 5) is 13.3. The number of hydrogen-bond acceptors (Lipinski definition) is 4. The average molecular weight is 261 g/mol. The van der Waals surface area contributed by atoms with Crippen LogP contribution in [0.3, 0.4) is 0 Å². The van der Waals surface area contributed by atoms with Crippen molar-refractivity contribution in [2.45, 2.75) is 13.5 Å². The predicted octanol–water partition coefficient (Wildman–Crippen LogP) is 1.13. The lowest BCUT2D eigenvalue weighted by molar-refractivity contribution is -0.121. The van der Waals surface area contributed by atoms with E-state index in [1.54, 1.807) is 12.1 Å². The summed E-state index contributed by atoms with van der Waals surface area (Å²) in [5.41, 5.74) is 1.48. The highest BCUT2D eigenvalue weighted by atomic mass is 16.5. The molecule has 0 aliphatic heterocycles. The number of nitriles is 1. The van der Waals surface area contributed by atoms with E-state index >= 15 is 0 Å². The quantitative estimate of drug-likeness (QED) is 0.834. The Bertz CT molecular complexity index is 480. The SMILES string of the molecule is CCNC(=O)CN(C)Cc1ccc(OC)c(C#N)c1. The molecule has 1 amide bonds. The van der Waals surface area contributed by atoms with Crippen LogP contribution in [0.25, 0.3) is 0 Å². The molecule has 0 fully saturated rings. The Morgan fingerprint density at radius 3 is 2.84 bits per heavy atom. The number of hydrogen-bond donors (Lipinski definition) is 1. The molecule has 0 aliphatic carbocycles. The largest absolute Gasteiger partial charge is 0.495 e. The summed E-state index contributed by atoms with van der Waals surface area (Å²) in [6.07, 6.45) is 0. The normalized spacial score (nSPS) is 10.1. The highest BCUT2D eigenvalue weighted by Gasteiger charge is 2.08. The van der Waals surface area contributed by atoms with E-state index in [1.807, 2.05) is 24.9 Å². The van der Waals surface area contributed by atoms with Crippen LogP contribution in [0.5, 0.6) is 5.75 Å². The van der Waals surface area contributed by atoms with E-state index in [9.17, 15) is 4.79 Å². The Morgan fingerprint density at radius 2 is 2.26 bits per heavy atom. The molecule has 0 radical (unpaired) electrons. The maximum absolute atomic E-state index is 11.4. The van der Waals surface area contributed by atoms with Crippen molar-refractivity contribution in [3.05, 3.63) is 29.3 Å². The standard InChI is InChI=1S/C14H19N3O2/c1-4-16-14(18)10-17(2)9-11-5-6-13(19-3)12(7-11)8-15/h5-7H,4,9-10H2,1-3H3,(H,16,18). The number of benzene rings is 1. The molecule has 0 aromatic heterocycles.